The maximum Gasteiger partial charge on any atom is 0.335 e. The zero-order chi connectivity index (χ0) is 18.4. The highest BCUT2D eigenvalue weighted by molar-refractivity contribution is 6.37. The zero-order valence-electron chi connectivity index (χ0n) is 12.8. The quantitative estimate of drug-likeness (QED) is 0.466. The second-order valence-corrected chi connectivity index (χ2v) is 5.67. The molecule has 0 heterocycles. The molecule has 2 rings (SSSR count). The van der Waals surface area contributed by atoms with Gasteiger partial charge in [-0.05, 0) is 41.5 Å². The Hall–Kier alpha value is -2.92. The van der Waals surface area contributed by atoms with Crippen molar-refractivity contribution >= 4 is 40.8 Å². The average molecular weight is 372 g/mol. The van der Waals surface area contributed by atoms with Crippen LogP contribution in [-0.2, 0) is 0 Å². The molecule has 0 aliphatic carbocycles. The van der Waals surface area contributed by atoms with Crippen LogP contribution < -0.4 is 4.74 Å². The lowest BCUT2D eigenvalue weighted by atomic mass is 10.0. The van der Waals surface area contributed by atoms with E-state index in [2.05, 4.69) is 12.0 Å². The number of halogens is 2. The van der Waals surface area contributed by atoms with Crippen molar-refractivity contribution in [3.63, 3.8) is 0 Å². The lowest BCUT2D eigenvalue weighted by molar-refractivity contribution is 0.0697. The van der Waals surface area contributed by atoms with Crippen molar-refractivity contribution in [1.29, 1.82) is 5.26 Å². The Kier molecular flexibility index (Phi) is 6.08. The standard InChI is InChI=1S/C19H11Cl2NO3/c1-2-7-25-18-16(20)9-12(10-17(18)21)8-15(11-22)13-3-5-14(6-4-13)19(23)24/h1,3-6,8-10H,7H2,(H,23,24)/b15-8-. The molecule has 6 heteroatoms. The molecule has 0 radical (unpaired) electrons. The number of nitrogens with zero attached hydrogens (tertiary/aromatic N) is 1. The Labute approximate surface area is 154 Å². The fraction of sp³-hybridized carbons (Fsp3) is 0.0526. The third kappa shape index (κ3) is 4.55. The van der Waals surface area contributed by atoms with Gasteiger partial charge in [0.05, 0.1) is 27.3 Å². The number of hydrogen-bond donors (Lipinski definition) is 1. The number of carbonyl (C=O) groups is 1. The molecule has 2 aromatic rings. The van der Waals surface area contributed by atoms with Crippen molar-refractivity contribution in [3.8, 4) is 24.2 Å². The van der Waals surface area contributed by atoms with Gasteiger partial charge in [-0.3, -0.25) is 0 Å². The fourth-order valence-corrected chi connectivity index (χ4v) is 2.67. The van der Waals surface area contributed by atoms with Crippen LogP contribution in [-0.4, -0.2) is 17.7 Å². The van der Waals surface area contributed by atoms with E-state index in [1.165, 1.54) is 12.1 Å². The molecule has 1 N–H and O–H groups in total. The second-order valence-electron chi connectivity index (χ2n) is 4.86. The van der Waals surface area contributed by atoms with Crippen molar-refractivity contribution in [2.45, 2.75) is 0 Å². The topological polar surface area (TPSA) is 70.3 Å². The van der Waals surface area contributed by atoms with Crippen molar-refractivity contribution in [2.75, 3.05) is 6.61 Å². The lowest BCUT2D eigenvalue weighted by Gasteiger charge is -2.09. The minimum atomic E-state index is -1.03. The molecule has 124 valence electrons. The third-order valence-corrected chi connectivity index (χ3v) is 3.76. The maximum absolute atomic E-state index is 10.9. The van der Waals surface area contributed by atoms with Crippen LogP contribution in [0.3, 0.4) is 0 Å². The number of rotatable bonds is 5. The summed E-state index contributed by atoms with van der Waals surface area (Å²) in [5.74, 6) is 1.57. The largest absolute Gasteiger partial charge is 0.478 e. The lowest BCUT2D eigenvalue weighted by Crippen LogP contribution is -1.96. The highest BCUT2D eigenvalue weighted by atomic mass is 35.5. The maximum atomic E-state index is 10.9. The van der Waals surface area contributed by atoms with Crippen LogP contribution in [0.1, 0.15) is 21.5 Å². The van der Waals surface area contributed by atoms with Gasteiger partial charge in [0.2, 0.25) is 0 Å². The van der Waals surface area contributed by atoms with Gasteiger partial charge in [-0.25, -0.2) is 4.79 Å². The summed E-state index contributed by atoms with van der Waals surface area (Å²) in [6, 6.07) is 11.3. The second kappa shape index (κ2) is 8.26. The summed E-state index contributed by atoms with van der Waals surface area (Å²) >= 11 is 12.3. The van der Waals surface area contributed by atoms with Gasteiger partial charge in [-0.15, -0.1) is 6.42 Å². The van der Waals surface area contributed by atoms with Crippen molar-refractivity contribution in [2.24, 2.45) is 0 Å². The number of nitriles is 1. The smallest absolute Gasteiger partial charge is 0.335 e. The first-order valence-corrected chi connectivity index (χ1v) is 7.72. The van der Waals surface area contributed by atoms with Gasteiger partial charge in [0, 0.05) is 0 Å². The van der Waals surface area contributed by atoms with Gasteiger partial charge in [0.15, 0.2) is 5.75 Å². The van der Waals surface area contributed by atoms with E-state index in [1.54, 1.807) is 30.3 Å². The first-order chi connectivity index (χ1) is 12.0. The van der Waals surface area contributed by atoms with E-state index < -0.39 is 5.97 Å². The van der Waals surface area contributed by atoms with Gasteiger partial charge in [0.1, 0.15) is 6.61 Å². The Morgan fingerprint density at radius 3 is 2.24 bits per heavy atom. The number of benzene rings is 2. The fourth-order valence-electron chi connectivity index (χ4n) is 2.05. The van der Waals surface area contributed by atoms with Crippen LogP contribution >= 0.6 is 23.2 Å². The van der Waals surface area contributed by atoms with Crippen molar-refractivity contribution in [3.05, 3.63) is 63.1 Å². The number of allylic oxidation sites excluding steroid dienone is 1. The molecule has 0 aliphatic heterocycles. The highest BCUT2D eigenvalue weighted by Crippen LogP contribution is 2.35. The molecule has 0 unspecified atom stereocenters. The van der Waals surface area contributed by atoms with Crippen molar-refractivity contribution in [1.82, 2.24) is 0 Å². The summed E-state index contributed by atoms with van der Waals surface area (Å²) in [6.45, 7) is 0.0357. The Morgan fingerprint density at radius 1 is 1.20 bits per heavy atom. The van der Waals surface area contributed by atoms with Gasteiger partial charge in [-0.1, -0.05) is 41.3 Å². The molecule has 4 nitrogen and oxygen atoms in total. The van der Waals surface area contributed by atoms with E-state index in [-0.39, 0.29) is 28.0 Å². The summed E-state index contributed by atoms with van der Waals surface area (Å²) in [4.78, 5) is 10.9. The molecule has 2 aromatic carbocycles. The number of ether oxygens (including phenoxy) is 1. The summed E-state index contributed by atoms with van der Waals surface area (Å²) in [5, 5.41) is 18.8. The summed E-state index contributed by atoms with van der Waals surface area (Å²) < 4.78 is 5.28. The van der Waals surface area contributed by atoms with E-state index in [0.29, 0.717) is 16.7 Å². The molecule has 0 aliphatic rings. The van der Waals surface area contributed by atoms with Crippen LogP contribution in [0.4, 0.5) is 0 Å². The number of hydrogen-bond acceptors (Lipinski definition) is 3. The predicted molar refractivity (Wildman–Crippen MR) is 97.7 cm³/mol. The van der Waals surface area contributed by atoms with Crippen LogP contribution in [0, 0.1) is 23.7 Å². The first kappa shape index (κ1) is 18.4. The average Bonchev–Trinajstić information content (AvgIpc) is 2.59. The molecule has 0 amide bonds. The molecule has 0 saturated heterocycles. The summed E-state index contributed by atoms with van der Waals surface area (Å²) in [7, 11) is 0. The van der Waals surface area contributed by atoms with Gasteiger partial charge in [0.25, 0.3) is 0 Å². The van der Waals surface area contributed by atoms with E-state index in [0.717, 1.165) is 0 Å². The third-order valence-electron chi connectivity index (χ3n) is 3.19. The van der Waals surface area contributed by atoms with Gasteiger partial charge in [-0.2, -0.15) is 5.26 Å². The predicted octanol–water partition coefficient (Wildman–Crippen LogP) is 4.77. The zero-order valence-corrected chi connectivity index (χ0v) is 14.3. The number of aromatic carboxylic acids is 1. The summed E-state index contributed by atoms with van der Waals surface area (Å²) in [5.41, 5.74) is 1.65. The molecule has 0 atom stereocenters. The Bertz CT molecular complexity index is 896. The highest BCUT2D eigenvalue weighted by Gasteiger charge is 2.10. The molecule has 0 saturated carbocycles. The number of terminal acetylenes is 1. The van der Waals surface area contributed by atoms with Crippen LogP contribution in [0.2, 0.25) is 10.0 Å². The minimum absolute atomic E-state index is 0.0357. The molecule has 0 spiro atoms. The molecular weight excluding hydrogens is 361 g/mol. The number of carboxylic acids is 1. The first-order valence-electron chi connectivity index (χ1n) is 6.97. The monoisotopic (exact) mass is 371 g/mol. The molecule has 0 fully saturated rings. The van der Waals surface area contributed by atoms with Gasteiger partial charge >= 0.3 is 5.97 Å². The SMILES string of the molecule is C#CCOc1c(Cl)cc(/C=C(/C#N)c2ccc(C(=O)O)cc2)cc1Cl. The van der Waals surface area contributed by atoms with E-state index in [4.69, 9.17) is 39.5 Å². The Morgan fingerprint density at radius 2 is 1.76 bits per heavy atom. The van der Waals surface area contributed by atoms with E-state index >= 15 is 0 Å². The van der Waals surface area contributed by atoms with Crippen LogP contribution in [0.5, 0.6) is 5.75 Å². The molecule has 25 heavy (non-hydrogen) atoms. The summed E-state index contributed by atoms with van der Waals surface area (Å²) in [6.07, 6.45) is 6.74. The van der Waals surface area contributed by atoms with Crippen molar-refractivity contribution < 1.29 is 14.6 Å². The molecule has 0 aromatic heterocycles. The molecular formula is C19H11Cl2NO3. The normalized spacial score (nSPS) is 10.6. The Balaban J connectivity index is 2.38. The number of carboxylic acid groups (broad SMARTS) is 1. The minimum Gasteiger partial charge on any atom is -0.478 e. The molecule has 0 bridgehead atoms. The van der Waals surface area contributed by atoms with Gasteiger partial charge < -0.3 is 9.84 Å². The van der Waals surface area contributed by atoms with Crippen LogP contribution in [0.15, 0.2) is 36.4 Å². The van der Waals surface area contributed by atoms with Crippen LogP contribution in [0.25, 0.3) is 11.6 Å². The van der Waals surface area contributed by atoms with E-state index in [1.807, 2.05) is 0 Å². The van der Waals surface area contributed by atoms with E-state index in [9.17, 15) is 10.1 Å².